The number of nitrogens with one attached hydrogen (secondary N) is 2. The maximum Gasteiger partial charge on any atom is 0.322 e. The highest BCUT2D eigenvalue weighted by Crippen LogP contribution is 2.33. The lowest BCUT2D eigenvalue weighted by Crippen LogP contribution is -2.52. The molecular weight excluding hydrogens is 415 g/mol. The number of aryl methyl sites for hydroxylation is 2. The average molecular weight is 434 g/mol. The predicted octanol–water partition coefficient (Wildman–Crippen LogP) is 2.79. The number of hydrogen-bond donors (Lipinski definition) is 2. The van der Waals surface area contributed by atoms with Gasteiger partial charge in [0.2, 0.25) is 0 Å². The second-order valence-electron chi connectivity index (χ2n) is 8.05. The highest BCUT2D eigenvalue weighted by molar-refractivity contribution is 6.08. The molecule has 162 valence electrons. The van der Waals surface area contributed by atoms with E-state index in [4.69, 9.17) is 4.52 Å². The number of imide groups is 1. The summed E-state index contributed by atoms with van der Waals surface area (Å²) in [6, 6.07) is 10.5. The van der Waals surface area contributed by atoms with Crippen molar-refractivity contribution in [2.45, 2.75) is 25.9 Å². The van der Waals surface area contributed by atoms with Crippen molar-refractivity contribution < 1.29 is 23.3 Å². The Hall–Kier alpha value is -4.01. The van der Waals surface area contributed by atoms with Crippen LogP contribution in [-0.2, 0) is 16.9 Å². The number of urea groups is 1. The van der Waals surface area contributed by atoms with Crippen LogP contribution in [0.15, 0.2) is 47.0 Å². The molecule has 2 aliphatic heterocycles. The lowest BCUT2D eigenvalue weighted by Gasteiger charge is -2.31. The molecule has 32 heavy (non-hydrogen) atoms. The molecule has 9 heteroatoms. The van der Waals surface area contributed by atoms with Crippen LogP contribution >= 0.6 is 0 Å². The van der Waals surface area contributed by atoms with Crippen molar-refractivity contribution in [2.24, 2.45) is 0 Å². The summed E-state index contributed by atoms with van der Waals surface area (Å²) in [5, 5.41) is 8.94. The van der Waals surface area contributed by atoms with Crippen molar-refractivity contribution in [1.82, 2.24) is 20.7 Å². The van der Waals surface area contributed by atoms with Gasteiger partial charge in [-0.25, -0.2) is 9.18 Å². The van der Waals surface area contributed by atoms with Gasteiger partial charge in [0.25, 0.3) is 11.8 Å². The number of fused-ring (bicyclic) bond motifs is 1. The van der Waals surface area contributed by atoms with E-state index in [1.807, 2.05) is 26.0 Å². The van der Waals surface area contributed by atoms with Crippen LogP contribution in [0.4, 0.5) is 9.18 Å². The molecule has 2 N–H and O–H groups in total. The molecule has 0 spiro atoms. The molecule has 5 rings (SSSR count). The number of amides is 4. The monoisotopic (exact) mass is 434 g/mol. The second kappa shape index (κ2) is 7.01. The second-order valence-corrected chi connectivity index (χ2v) is 8.05. The van der Waals surface area contributed by atoms with Crippen molar-refractivity contribution in [1.29, 1.82) is 0 Å². The number of rotatable bonds is 4. The van der Waals surface area contributed by atoms with E-state index in [2.05, 4.69) is 15.8 Å². The number of carbonyl (C=O) groups excluding carboxylic acids is 3. The molecule has 2 aromatic carbocycles. The zero-order valence-electron chi connectivity index (χ0n) is 17.4. The molecule has 3 heterocycles. The number of aromatic nitrogens is 1. The van der Waals surface area contributed by atoms with Gasteiger partial charge in [0, 0.05) is 17.7 Å². The van der Waals surface area contributed by atoms with Crippen molar-refractivity contribution >= 4 is 17.8 Å². The van der Waals surface area contributed by atoms with Gasteiger partial charge in [-0.3, -0.25) is 14.9 Å². The van der Waals surface area contributed by atoms with Crippen molar-refractivity contribution in [2.75, 3.05) is 6.54 Å². The summed E-state index contributed by atoms with van der Waals surface area (Å²) in [6.45, 7) is 3.78. The highest BCUT2D eigenvalue weighted by atomic mass is 19.1. The normalized spacial score (nSPS) is 19.8. The van der Waals surface area contributed by atoms with Crippen LogP contribution in [0.5, 0.6) is 0 Å². The van der Waals surface area contributed by atoms with Gasteiger partial charge in [0.05, 0.1) is 12.2 Å². The van der Waals surface area contributed by atoms with E-state index in [0.717, 1.165) is 16.8 Å². The Balaban J connectivity index is 1.51. The van der Waals surface area contributed by atoms with Gasteiger partial charge in [-0.1, -0.05) is 35.5 Å². The lowest BCUT2D eigenvalue weighted by atomic mass is 9.88. The molecule has 0 bridgehead atoms. The molecule has 3 aromatic rings. The molecule has 2 aliphatic rings. The molecule has 0 saturated carbocycles. The van der Waals surface area contributed by atoms with Gasteiger partial charge in [0.1, 0.15) is 11.6 Å². The Kier molecular flexibility index (Phi) is 4.37. The summed E-state index contributed by atoms with van der Waals surface area (Å²) < 4.78 is 18.9. The highest BCUT2D eigenvalue weighted by Gasteiger charge is 2.50. The molecular formula is C23H19FN4O4. The fourth-order valence-corrected chi connectivity index (χ4v) is 4.46. The number of nitrogens with zero attached hydrogens (tertiary/aromatic N) is 2. The fourth-order valence-electron chi connectivity index (χ4n) is 4.46. The number of benzene rings is 2. The Morgan fingerprint density at radius 1 is 1.12 bits per heavy atom. The Labute approximate surface area is 182 Å². The van der Waals surface area contributed by atoms with E-state index >= 15 is 0 Å². The first-order chi connectivity index (χ1) is 15.3. The first kappa shape index (κ1) is 19.9. The van der Waals surface area contributed by atoms with Gasteiger partial charge in [-0.15, -0.1) is 0 Å². The maximum atomic E-state index is 13.6. The standard InChI is InChI=1S/C23H19FN4O4/c1-12-19(13(2)32-27-12)14-3-6-16(7-4-14)23(21(30)25-22(31)26-23)11-28-10-15-5-8-17(24)9-18(15)20(28)29/h3-9H,10-11H2,1-2H3,(H2,25,26,30,31)/t23-/m0/s1. The Bertz CT molecular complexity index is 1260. The summed E-state index contributed by atoms with van der Waals surface area (Å²) in [5.41, 5.74) is 2.44. The fraction of sp³-hybridized carbons (Fsp3) is 0.217. The third-order valence-electron chi connectivity index (χ3n) is 6.02. The van der Waals surface area contributed by atoms with Gasteiger partial charge in [-0.05, 0) is 42.7 Å². The molecule has 1 saturated heterocycles. The van der Waals surface area contributed by atoms with Crippen LogP contribution in [0.2, 0.25) is 0 Å². The van der Waals surface area contributed by atoms with Gasteiger partial charge >= 0.3 is 6.03 Å². The molecule has 0 radical (unpaired) electrons. The minimum atomic E-state index is -1.47. The minimum absolute atomic E-state index is 0.0929. The number of carbonyl (C=O) groups is 3. The van der Waals surface area contributed by atoms with E-state index in [-0.39, 0.29) is 24.6 Å². The molecule has 0 unspecified atom stereocenters. The van der Waals surface area contributed by atoms with Crippen LogP contribution in [-0.4, -0.2) is 34.4 Å². The third-order valence-corrected chi connectivity index (χ3v) is 6.02. The summed E-state index contributed by atoms with van der Waals surface area (Å²) in [7, 11) is 0. The zero-order valence-corrected chi connectivity index (χ0v) is 17.4. The van der Waals surface area contributed by atoms with Gasteiger partial charge < -0.3 is 14.7 Å². The third kappa shape index (κ3) is 2.96. The average Bonchev–Trinajstić information content (AvgIpc) is 3.36. The summed E-state index contributed by atoms with van der Waals surface area (Å²) in [5.74, 6) is -0.775. The Morgan fingerprint density at radius 2 is 1.88 bits per heavy atom. The van der Waals surface area contributed by atoms with E-state index in [1.165, 1.54) is 17.0 Å². The largest absolute Gasteiger partial charge is 0.361 e. The van der Waals surface area contributed by atoms with Crippen LogP contribution in [0.3, 0.4) is 0 Å². The minimum Gasteiger partial charge on any atom is -0.361 e. The molecule has 4 amide bonds. The van der Waals surface area contributed by atoms with E-state index in [9.17, 15) is 18.8 Å². The molecule has 8 nitrogen and oxygen atoms in total. The van der Waals surface area contributed by atoms with E-state index in [0.29, 0.717) is 16.9 Å². The Morgan fingerprint density at radius 3 is 2.50 bits per heavy atom. The van der Waals surface area contributed by atoms with Crippen molar-refractivity contribution in [3.8, 4) is 11.1 Å². The first-order valence-electron chi connectivity index (χ1n) is 10.0. The maximum absolute atomic E-state index is 13.6. The van der Waals surface area contributed by atoms with Crippen LogP contribution < -0.4 is 10.6 Å². The van der Waals surface area contributed by atoms with Crippen molar-refractivity contribution in [3.05, 3.63) is 76.4 Å². The molecule has 1 atom stereocenters. The van der Waals surface area contributed by atoms with Crippen LogP contribution in [0.1, 0.15) is 32.9 Å². The van der Waals surface area contributed by atoms with E-state index < -0.39 is 23.3 Å². The molecule has 1 aromatic heterocycles. The van der Waals surface area contributed by atoms with Crippen LogP contribution in [0, 0.1) is 19.7 Å². The van der Waals surface area contributed by atoms with Crippen LogP contribution in [0.25, 0.3) is 11.1 Å². The number of hydrogen-bond acceptors (Lipinski definition) is 5. The van der Waals surface area contributed by atoms with Gasteiger partial charge in [0.15, 0.2) is 5.54 Å². The molecule has 0 aliphatic carbocycles. The summed E-state index contributed by atoms with van der Waals surface area (Å²) in [6.07, 6.45) is 0. The summed E-state index contributed by atoms with van der Waals surface area (Å²) in [4.78, 5) is 39.3. The van der Waals surface area contributed by atoms with Crippen molar-refractivity contribution in [3.63, 3.8) is 0 Å². The first-order valence-corrected chi connectivity index (χ1v) is 10.0. The number of halogens is 1. The van der Waals surface area contributed by atoms with Gasteiger partial charge in [-0.2, -0.15) is 0 Å². The lowest BCUT2D eigenvalue weighted by molar-refractivity contribution is -0.124. The molecule has 1 fully saturated rings. The van der Waals surface area contributed by atoms with E-state index in [1.54, 1.807) is 18.2 Å². The quantitative estimate of drug-likeness (QED) is 0.615. The zero-order chi connectivity index (χ0) is 22.6. The topological polar surface area (TPSA) is 105 Å². The summed E-state index contributed by atoms with van der Waals surface area (Å²) >= 11 is 0. The SMILES string of the molecule is Cc1noc(C)c1-c1ccc([C@]2(CN3Cc4ccc(F)cc4C3=O)NC(=O)NC2=O)cc1. The smallest absolute Gasteiger partial charge is 0.322 e. The predicted molar refractivity (Wildman–Crippen MR) is 111 cm³/mol.